The quantitative estimate of drug-likeness (QED) is 0.428. The van der Waals surface area contributed by atoms with E-state index in [0.29, 0.717) is 55.9 Å². The molecule has 3 aromatic rings. The molecule has 11 heteroatoms. The third kappa shape index (κ3) is 7.06. The first-order valence-electron chi connectivity index (χ1n) is 14.9. The van der Waals surface area contributed by atoms with Crippen LogP contribution in [0.2, 0.25) is 0 Å². The first kappa shape index (κ1) is 29.9. The van der Waals surface area contributed by atoms with Crippen molar-refractivity contribution in [3.63, 3.8) is 0 Å². The number of carbonyl (C=O) groups is 3. The first-order chi connectivity index (χ1) is 20.4. The molecule has 0 saturated heterocycles. The van der Waals surface area contributed by atoms with Gasteiger partial charge in [-0.05, 0) is 55.7 Å². The smallest absolute Gasteiger partial charge is 0.270 e. The highest BCUT2D eigenvalue weighted by Gasteiger charge is 2.31. The highest BCUT2D eigenvalue weighted by molar-refractivity contribution is 7.98. The van der Waals surface area contributed by atoms with Gasteiger partial charge in [0.15, 0.2) is 11.6 Å². The van der Waals surface area contributed by atoms with Crippen molar-refractivity contribution in [2.24, 2.45) is 5.92 Å². The number of hydrogen-bond acceptors (Lipinski definition) is 6. The van der Waals surface area contributed by atoms with Crippen LogP contribution in [0, 0.1) is 5.92 Å². The van der Waals surface area contributed by atoms with Crippen LogP contribution in [0.3, 0.4) is 0 Å². The van der Waals surface area contributed by atoms with E-state index in [1.165, 1.54) is 0 Å². The van der Waals surface area contributed by atoms with Gasteiger partial charge in [-0.2, -0.15) is 16.9 Å². The minimum Gasteiger partial charge on any atom is -0.344 e. The van der Waals surface area contributed by atoms with Crippen LogP contribution in [-0.2, 0) is 16.1 Å². The molecule has 2 N–H and O–H groups in total. The van der Waals surface area contributed by atoms with Crippen molar-refractivity contribution in [3.8, 4) is 11.4 Å². The summed E-state index contributed by atoms with van der Waals surface area (Å²) in [5.74, 6) is 1.50. The van der Waals surface area contributed by atoms with E-state index in [9.17, 15) is 14.4 Å². The van der Waals surface area contributed by atoms with E-state index in [0.717, 1.165) is 24.2 Å². The molecule has 2 aromatic heterocycles. The maximum Gasteiger partial charge on any atom is 0.270 e. The van der Waals surface area contributed by atoms with Crippen molar-refractivity contribution in [3.05, 3.63) is 60.2 Å². The standard InChI is InChI=1S/C31H41N7O3S/c1-21(2)27-29-34-28(22-9-5-4-6-10-22)35-38(29)19-18-36(31(41)25-11-7-17-37(25)23-13-14-23)16-8-12-26(39)32-24(15-20-42-3)30(40)33-27/h4-7,9-11,17,21,23-24,27H,8,12-16,18-20H2,1-3H3,(H,32,39)(H,33,40)/t24-,27+/m0/s1. The Labute approximate surface area is 251 Å². The Morgan fingerprint density at radius 1 is 1.05 bits per heavy atom. The van der Waals surface area contributed by atoms with Gasteiger partial charge in [0.1, 0.15) is 11.7 Å². The molecule has 0 unspecified atom stereocenters. The maximum atomic E-state index is 13.9. The Balaban J connectivity index is 1.50. The summed E-state index contributed by atoms with van der Waals surface area (Å²) in [5.41, 5.74) is 1.56. The lowest BCUT2D eigenvalue weighted by Crippen LogP contribution is -2.49. The second-order valence-corrected chi connectivity index (χ2v) is 12.4. The Bertz CT molecular complexity index is 1380. The van der Waals surface area contributed by atoms with Gasteiger partial charge in [-0.25, -0.2) is 9.67 Å². The largest absolute Gasteiger partial charge is 0.344 e. The van der Waals surface area contributed by atoms with E-state index in [2.05, 4.69) is 15.2 Å². The van der Waals surface area contributed by atoms with Crippen LogP contribution in [0.15, 0.2) is 48.7 Å². The highest BCUT2D eigenvalue weighted by atomic mass is 32.2. The van der Waals surface area contributed by atoms with Crippen molar-refractivity contribution in [1.29, 1.82) is 0 Å². The fraction of sp³-hybridized carbons (Fsp3) is 0.516. The molecule has 1 fully saturated rings. The summed E-state index contributed by atoms with van der Waals surface area (Å²) < 4.78 is 3.92. The Morgan fingerprint density at radius 2 is 1.83 bits per heavy atom. The molecule has 224 valence electrons. The second kappa shape index (κ2) is 13.6. The van der Waals surface area contributed by atoms with E-state index in [1.807, 2.05) is 78.3 Å². The minimum atomic E-state index is -0.654. The van der Waals surface area contributed by atoms with Crippen molar-refractivity contribution in [2.45, 2.75) is 70.6 Å². The zero-order chi connectivity index (χ0) is 29.6. The van der Waals surface area contributed by atoms with Crippen molar-refractivity contribution in [1.82, 2.24) is 34.9 Å². The SMILES string of the molecule is CSCC[C@@H]1NC(=O)CCCN(C(=O)c2cccn2C2CC2)CCn2nc(-c3ccccc3)nc2[C@@H](C(C)C)NC1=O. The molecular weight excluding hydrogens is 550 g/mol. The molecule has 3 amide bonds. The number of nitrogens with zero attached hydrogens (tertiary/aromatic N) is 5. The van der Waals surface area contributed by atoms with Gasteiger partial charge in [0.25, 0.3) is 5.91 Å². The molecule has 1 aromatic carbocycles. The summed E-state index contributed by atoms with van der Waals surface area (Å²) in [7, 11) is 0. The van der Waals surface area contributed by atoms with Crippen molar-refractivity contribution in [2.75, 3.05) is 25.1 Å². The molecular formula is C31H41N7O3S. The fourth-order valence-electron chi connectivity index (χ4n) is 5.38. The van der Waals surface area contributed by atoms with Gasteiger partial charge in [0, 0.05) is 37.3 Å². The molecule has 0 spiro atoms. The van der Waals surface area contributed by atoms with Gasteiger partial charge >= 0.3 is 0 Å². The number of thioether (sulfide) groups is 1. The first-order valence-corrected chi connectivity index (χ1v) is 16.3. The van der Waals surface area contributed by atoms with E-state index in [-0.39, 0.29) is 30.1 Å². The predicted molar refractivity (Wildman–Crippen MR) is 164 cm³/mol. The van der Waals surface area contributed by atoms with Gasteiger partial charge < -0.3 is 20.1 Å². The average molecular weight is 592 g/mol. The summed E-state index contributed by atoms with van der Waals surface area (Å²) in [6, 6.07) is 12.9. The second-order valence-electron chi connectivity index (χ2n) is 11.4. The number of fused-ring (bicyclic) bond motifs is 1. The van der Waals surface area contributed by atoms with Crippen LogP contribution in [0.1, 0.15) is 74.3 Å². The fourth-order valence-corrected chi connectivity index (χ4v) is 5.85. The predicted octanol–water partition coefficient (Wildman–Crippen LogP) is 4.07. The van der Waals surface area contributed by atoms with Gasteiger partial charge in [-0.1, -0.05) is 44.2 Å². The number of carbonyl (C=O) groups excluding carboxylic acids is 3. The number of rotatable bonds is 7. The molecule has 0 bridgehead atoms. The molecule has 0 radical (unpaired) electrons. The molecule has 5 rings (SSSR count). The van der Waals surface area contributed by atoms with Crippen LogP contribution < -0.4 is 10.6 Å². The Morgan fingerprint density at radius 3 is 2.55 bits per heavy atom. The molecule has 2 atom stereocenters. The molecule has 1 aliphatic heterocycles. The van der Waals surface area contributed by atoms with Gasteiger partial charge in [0.2, 0.25) is 11.8 Å². The van der Waals surface area contributed by atoms with Gasteiger partial charge in [-0.15, -0.1) is 0 Å². The molecule has 10 nitrogen and oxygen atoms in total. The van der Waals surface area contributed by atoms with Crippen LogP contribution in [-0.4, -0.2) is 73.1 Å². The summed E-state index contributed by atoms with van der Waals surface area (Å²) >= 11 is 1.64. The zero-order valence-corrected chi connectivity index (χ0v) is 25.5. The third-order valence-corrected chi connectivity index (χ3v) is 8.52. The molecule has 1 saturated carbocycles. The van der Waals surface area contributed by atoms with Crippen molar-refractivity contribution < 1.29 is 14.4 Å². The van der Waals surface area contributed by atoms with Crippen LogP contribution in [0.5, 0.6) is 0 Å². The van der Waals surface area contributed by atoms with Crippen LogP contribution in [0.25, 0.3) is 11.4 Å². The number of amides is 3. The normalized spacial score (nSPS) is 20.5. The van der Waals surface area contributed by atoms with E-state index in [4.69, 9.17) is 10.1 Å². The maximum absolute atomic E-state index is 13.9. The minimum absolute atomic E-state index is 0.00452. The number of aromatic nitrogens is 4. The van der Waals surface area contributed by atoms with Crippen LogP contribution in [0.4, 0.5) is 0 Å². The summed E-state index contributed by atoms with van der Waals surface area (Å²) in [4.78, 5) is 47.1. The molecule has 3 heterocycles. The number of benzene rings is 1. The average Bonchev–Trinajstić information content (AvgIpc) is 3.55. The summed E-state index contributed by atoms with van der Waals surface area (Å²) in [6.07, 6.45) is 7.38. The zero-order valence-electron chi connectivity index (χ0n) is 24.7. The molecule has 1 aliphatic carbocycles. The monoisotopic (exact) mass is 591 g/mol. The summed E-state index contributed by atoms with van der Waals surface area (Å²) in [6.45, 7) is 5.30. The Kier molecular flexibility index (Phi) is 9.66. The molecule has 42 heavy (non-hydrogen) atoms. The number of nitrogens with one attached hydrogen (secondary N) is 2. The van der Waals surface area contributed by atoms with Gasteiger partial charge in [-0.3, -0.25) is 14.4 Å². The lowest BCUT2D eigenvalue weighted by Gasteiger charge is -2.28. The lowest BCUT2D eigenvalue weighted by atomic mass is 10.0. The lowest BCUT2D eigenvalue weighted by molar-refractivity contribution is -0.129. The Hall–Kier alpha value is -3.60. The topological polar surface area (TPSA) is 114 Å². The summed E-state index contributed by atoms with van der Waals surface area (Å²) in [5, 5.41) is 11.0. The van der Waals surface area contributed by atoms with E-state index < -0.39 is 12.1 Å². The molecule has 2 aliphatic rings. The van der Waals surface area contributed by atoms with E-state index in [1.54, 1.807) is 11.8 Å². The van der Waals surface area contributed by atoms with E-state index >= 15 is 0 Å². The number of hydrogen-bond donors (Lipinski definition) is 2. The highest BCUT2D eigenvalue weighted by Crippen LogP contribution is 2.36. The van der Waals surface area contributed by atoms with Gasteiger partial charge in [0.05, 0.1) is 12.6 Å². The van der Waals surface area contributed by atoms with Crippen molar-refractivity contribution >= 4 is 29.5 Å². The van der Waals surface area contributed by atoms with Crippen LogP contribution >= 0.6 is 11.8 Å². The third-order valence-electron chi connectivity index (χ3n) is 7.88.